The van der Waals surface area contributed by atoms with E-state index in [2.05, 4.69) is 15.6 Å². The van der Waals surface area contributed by atoms with Gasteiger partial charge in [-0.25, -0.2) is 0 Å². The lowest BCUT2D eigenvalue weighted by Crippen LogP contribution is -2.44. The lowest BCUT2D eigenvalue weighted by Gasteiger charge is -2.19. The van der Waals surface area contributed by atoms with Gasteiger partial charge in [-0.15, -0.1) is 24.0 Å². The normalized spacial score (nSPS) is 17.7. The van der Waals surface area contributed by atoms with E-state index in [1.165, 1.54) is 12.1 Å². The molecule has 1 fully saturated rings. The fourth-order valence-electron chi connectivity index (χ4n) is 2.71. The number of alkyl halides is 3. The van der Waals surface area contributed by atoms with Crippen molar-refractivity contribution in [2.75, 3.05) is 20.1 Å². The van der Waals surface area contributed by atoms with Gasteiger partial charge in [-0.05, 0) is 24.1 Å². The van der Waals surface area contributed by atoms with Crippen LogP contribution in [0.4, 0.5) is 13.2 Å². The lowest BCUT2D eigenvalue weighted by atomic mass is 10.1. The first kappa shape index (κ1) is 22.5. The highest BCUT2D eigenvalue weighted by atomic mass is 127. The van der Waals surface area contributed by atoms with E-state index < -0.39 is 11.7 Å². The molecule has 9 heteroatoms. The number of aliphatic imine (C=N–C) groups is 1. The average Bonchev–Trinajstić information content (AvgIpc) is 3.06. The summed E-state index contributed by atoms with van der Waals surface area (Å²) in [6.45, 7) is 3.56. The first-order valence-electron chi connectivity index (χ1n) is 8.24. The molecule has 2 rings (SSSR count). The summed E-state index contributed by atoms with van der Waals surface area (Å²) in [6, 6.07) is 5.14. The molecular weight excluding hydrogens is 460 g/mol. The molecule has 0 aliphatic carbocycles. The molecule has 1 aromatic rings. The maximum Gasteiger partial charge on any atom is 0.416 e. The molecule has 5 nitrogen and oxygen atoms in total. The Kier molecular flexibility index (Phi) is 8.65. The van der Waals surface area contributed by atoms with Crippen LogP contribution < -0.4 is 10.6 Å². The van der Waals surface area contributed by atoms with Crippen molar-refractivity contribution in [1.82, 2.24) is 15.5 Å². The second-order valence-electron chi connectivity index (χ2n) is 5.94. The van der Waals surface area contributed by atoms with Crippen LogP contribution in [0, 0.1) is 0 Å². The summed E-state index contributed by atoms with van der Waals surface area (Å²) < 4.78 is 37.7. The van der Waals surface area contributed by atoms with E-state index in [1.807, 2.05) is 11.8 Å². The number of guanidine groups is 1. The molecule has 1 amide bonds. The van der Waals surface area contributed by atoms with Gasteiger partial charge in [0.1, 0.15) is 0 Å². The first-order chi connectivity index (χ1) is 11.8. The monoisotopic (exact) mass is 484 g/mol. The Morgan fingerprint density at radius 2 is 1.96 bits per heavy atom. The molecule has 1 aliphatic rings. The molecule has 1 heterocycles. The van der Waals surface area contributed by atoms with Crippen LogP contribution in [0.15, 0.2) is 29.3 Å². The highest BCUT2D eigenvalue weighted by Crippen LogP contribution is 2.29. The van der Waals surface area contributed by atoms with Crippen LogP contribution in [-0.4, -0.2) is 42.9 Å². The Hall–Kier alpha value is -1.52. The lowest BCUT2D eigenvalue weighted by molar-refractivity contribution is -0.137. The zero-order chi connectivity index (χ0) is 18.4. The van der Waals surface area contributed by atoms with E-state index in [1.54, 1.807) is 7.05 Å². The molecule has 146 valence electrons. The number of amides is 1. The quantitative estimate of drug-likeness (QED) is 0.393. The molecule has 1 aromatic carbocycles. The van der Waals surface area contributed by atoms with E-state index in [0.717, 1.165) is 30.7 Å². The molecule has 2 N–H and O–H groups in total. The first-order valence-corrected chi connectivity index (χ1v) is 8.24. The van der Waals surface area contributed by atoms with E-state index in [0.29, 0.717) is 25.5 Å². The minimum Gasteiger partial charge on any atom is -0.352 e. The maximum atomic E-state index is 12.6. The second kappa shape index (κ2) is 9.98. The third-order valence-corrected chi connectivity index (χ3v) is 4.15. The summed E-state index contributed by atoms with van der Waals surface area (Å²) in [4.78, 5) is 17.6. The Bertz CT molecular complexity index is 619. The molecule has 26 heavy (non-hydrogen) atoms. The van der Waals surface area contributed by atoms with Gasteiger partial charge < -0.3 is 15.5 Å². The molecule has 1 aliphatic heterocycles. The van der Waals surface area contributed by atoms with Crippen molar-refractivity contribution in [3.8, 4) is 0 Å². The number of halogens is 4. The number of hydrogen-bond acceptors (Lipinski definition) is 2. The van der Waals surface area contributed by atoms with Crippen molar-refractivity contribution in [2.45, 2.75) is 38.5 Å². The third kappa shape index (κ3) is 6.33. The molecule has 1 unspecified atom stereocenters. The number of benzene rings is 1. The summed E-state index contributed by atoms with van der Waals surface area (Å²) in [6.07, 6.45) is -2.99. The Morgan fingerprint density at radius 1 is 1.31 bits per heavy atom. The van der Waals surface area contributed by atoms with Crippen molar-refractivity contribution in [1.29, 1.82) is 0 Å². The highest BCUT2D eigenvalue weighted by Gasteiger charge is 2.30. The number of hydrogen-bond donors (Lipinski definition) is 2. The van der Waals surface area contributed by atoms with Gasteiger partial charge >= 0.3 is 6.18 Å². The zero-order valence-corrected chi connectivity index (χ0v) is 17.1. The predicted molar refractivity (Wildman–Crippen MR) is 105 cm³/mol. The standard InChI is InChI=1S/C17H23F3N4O.HI/c1-3-15(25)24-9-8-14(11-24)23-16(21-2)22-10-12-4-6-13(7-5-12)17(18,19)20;/h4-7,14H,3,8-11H2,1-2H3,(H2,21,22,23);1H. The number of likely N-dealkylation sites (tertiary alicyclic amines) is 1. The van der Waals surface area contributed by atoms with Crippen LogP contribution in [0.5, 0.6) is 0 Å². The van der Waals surface area contributed by atoms with E-state index >= 15 is 0 Å². The van der Waals surface area contributed by atoms with Crippen molar-refractivity contribution < 1.29 is 18.0 Å². The van der Waals surface area contributed by atoms with Gasteiger partial charge in [0.05, 0.1) is 5.56 Å². The van der Waals surface area contributed by atoms with E-state index in [9.17, 15) is 18.0 Å². The van der Waals surface area contributed by atoms with Gasteiger partial charge in [0.2, 0.25) is 5.91 Å². The second-order valence-corrected chi connectivity index (χ2v) is 5.94. The maximum absolute atomic E-state index is 12.6. The Morgan fingerprint density at radius 3 is 2.50 bits per heavy atom. The van der Waals surface area contributed by atoms with Crippen LogP contribution in [0.1, 0.15) is 30.9 Å². The van der Waals surface area contributed by atoms with Gasteiger partial charge in [0.15, 0.2) is 5.96 Å². The molecule has 1 atom stereocenters. The summed E-state index contributed by atoms with van der Waals surface area (Å²) in [5.74, 6) is 0.702. The van der Waals surface area contributed by atoms with Crippen LogP contribution in [-0.2, 0) is 17.5 Å². The topological polar surface area (TPSA) is 56.7 Å². The number of nitrogens with one attached hydrogen (secondary N) is 2. The Balaban J connectivity index is 0.00000338. The van der Waals surface area contributed by atoms with Gasteiger partial charge in [0.25, 0.3) is 0 Å². The molecular formula is C17H24F3IN4O. The van der Waals surface area contributed by atoms with Crippen LogP contribution >= 0.6 is 24.0 Å². The number of carbonyl (C=O) groups excluding carboxylic acids is 1. The van der Waals surface area contributed by atoms with Crippen LogP contribution in [0.3, 0.4) is 0 Å². The van der Waals surface area contributed by atoms with E-state index in [4.69, 9.17) is 0 Å². The SMILES string of the molecule is CCC(=O)N1CCC(NC(=NC)NCc2ccc(C(F)(F)F)cc2)C1.I. The van der Waals surface area contributed by atoms with Crippen LogP contribution in [0.2, 0.25) is 0 Å². The van der Waals surface area contributed by atoms with Crippen molar-refractivity contribution in [3.05, 3.63) is 35.4 Å². The third-order valence-electron chi connectivity index (χ3n) is 4.15. The van der Waals surface area contributed by atoms with Gasteiger partial charge in [-0.2, -0.15) is 13.2 Å². The molecule has 0 saturated carbocycles. The summed E-state index contributed by atoms with van der Waals surface area (Å²) in [5.41, 5.74) is 0.0653. The smallest absolute Gasteiger partial charge is 0.352 e. The van der Waals surface area contributed by atoms with Crippen LogP contribution in [0.25, 0.3) is 0 Å². The van der Waals surface area contributed by atoms with E-state index in [-0.39, 0.29) is 35.9 Å². The van der Waals surface area contributed by atoms with Crippen molar-refractivity contribution >= 4 is 35.8 Å². The molecule has 0 spiro atoms. The van der Waals surface area contributed by atoms with Gasteiger partial charge in [-0.1, -0.05) is 19.1 Å². The predicted octanol–water partition coefficient (Wildman–Crippen LogP) is 3.00. The highest BCUT2D eigenvalue weighted by molar-refractivity contribution is 14.0. The fourth-order valence-corrected chi connectivity index (χ4v) is 2.71. The molecule has 0 radical (unpaired) electrons. The minimum atomic E-state index is -4.33. The zero-order valence-electron chi connectivity index (χ0n) is 14.8. The van der Waals surface area contributed by atoms with Crippen molar-refractivity contribution in [2.24, 2.45) is 4.99 Å². The average molecular weight is 484 g/mol. The molecule has 1 saturated heterocycles. The molecule has 0 aromatic heterocycles. The Labute approximate surface area is 168 Å². The molecule has 0 bridgehead atoms. The number of carbonyl (C=O) groups is 1. The number of rotatable bonds is 4. The summed E-state index contributed by atoms with van der Waals surface area (Å²) >= 11 is 0. The van der Waals surface area contributed by atoms with Crippen molar-refractivity contribution in [3.63, 3.8) is 0 Å². The summed E-state index contributed by atoms with van der Waals surface area (Å²) in [5, 5.41) is 6.33. The largest absolute Gasteiger partial charge is 0.416 e. The summed E-state index contributed by atoms with van der Waals surface area (Å²) in [7, 11) is 1.63. The fraction of sp³-hybridized carbons (Fsp3) is 0.529. The number of nitrogens with zero attached hydrogens (tertiary/aromatic N) is 2. The van der Waals surface area contributed by atoms with Gasteiger partial charge in [-0.3, -0.25) is 9.79 Å². The van der Waals surface area contributed by atoms with Gasteiger partial charge in [0, 0.05) is 39.1 Å². The minimum absolute atomic E-state index is 0.